The Bertz CT molecular complexity index is 1250. The Morgan fingerprint density at radius 1 is 1.00 bits per heavy atom. The van der Waals surface area contributed by atoms with E-state index in [0.29, 0.717) is 18.8 Å². The second kappa shape index (κ2) is 10.5. The molecular formula is C31H38N4O2. The third-order valence-electron chi connectivity index (χ3n) is 8.10. The van der Waals surface area contributed by atoms with Crippen molar-refractivity contribution in [2.45, 2.75) is 90.4 Å². The maximum atomic E-state index is 14.0. The van der Waals surface area contributed by atoms with Crippen LogP contribution in [0, 0.1) is 6.92 Å². The lowest BCUT2D eigenvalue weighted by atomic mass is 9.93. The summed E-state index contributed by atoms with van der Waals surface area (Å²) in [5, 5.41) is 8.13. The average molecular weight is 499 g/mol. The normalized spacial score (nSPS) is 20.4. The number of aryl methyl sites for hydroxylation is 2. The number of fused-ring (bicyclic) bond motifs is 1. The number of hydrogen-bond donors (Lipinski definition) is 1. The zero-order chi connectivity index (χ0) is 26.0. The predicted octanol–water partition coefficient (Wildman–Crippen LogP) is 5.67. The summed E-state index contributed by atoms with van der Waals surface area (Å²) < 4.78 is 1.74. The van der Waals surface area contributed by atoms with Gasteiger partial charge in [-0.05, 0) is 50.3 Å². The molecule has 2 heterocycles. The van der Waals surface area contributed by atoms with Crippen LogP contribution in [0.2, 0.25) is 0 Å². The second-order valence-corrected chi connectivity index (χ2v) is 10.9. The first-order chi connectivity index (χ1) is 17.9. The summed E-state index contributed by atoms with van der Waals surface area (Å²) in [5.41, 5.74) is 4.65. The number of carbonyl (C=O) groups is 2. The molecule has 1 aromatic heterocycles. The number of benzene rings is 2. The lowest BCUT2D eigenvalue weighted by Crippen LogP contribution is -2.64. The average Bonchev–Trinajstić information content (AvgIpc) is 3.16. The molecule has 1 aliphatic heterocycles. The number of nitrogens with one attached hydrogen (secondary N) is 1. The quantitative estimate of drug-likeness (QED) is 0.445. The highest BCUT2D eigenvalue weighted by atomic mass is 16.2. The molecule has 1 saturated carbocycles. The monoisotopic (exact) mass is 498 g/mol. The maximum Gasteiger partial charge on any atom is 0.273 e. The molecule has 2 amide bonds. The van der Waals surface area contributed by atoms with Crippen molar-refractivity contribution in [3.8, 4) is 11.3 Å². The molecule has 1 fully saturated rings. The van der Waals surface area contributed by atoms with Crippen LogP contribution in [0.4, 0.5) is 0 Å². The molecule has 0 bridgehead atoms. The van der Waals surface area contributed by atoms with E-state index in [0.717, 1.165) is 48.9 Å². The van der Waals surface area contributed by atoms with Crippen LogP contribution in [0.1, 0.15) is 79.6 Å². The molecule has 6 heteroatoms. The van der Waals surface area contributed by atoms with Gasteiger partial charge in [-0.3, -0.25) is 14.3 Å². The van der Waals surface area contributed by atoms with Crippen molar-refractivity contribution in [2.75, 3.05) is 0 Å². The number of amides is 2. The van der Waals surface area contributed by atoms with Crippen molar-refractivity contribution >= 4 is 11.8 Å². The Kier molecular flexibility index (Phi) is 7.18. The Morgan fingerprint density at radius 3 is 2.30 bits per heavy atom. The van der Waals surface area contributed by atoms with Crippen LogP contribution in [0.25, 0.3) is 11.3 Å². The first-order valence-electron chi connectivity index (χ1n) is 13.7. The van der Waals surface area contributed by atoms with Gasteiger partial charge in [0, 0.05) is 18.2 Å². The van der Waals surface area contributed by atoms with E-state index in [9.17, 15) is 9.59 Å². The topological polar surface area (TPSA) is 67.2 Å². The lowest BCUT2D eigenvalue weighted by molar-refractivity contribution is -0.134. The van der Waals surface area contributed by atoms with Crippen molar-refractivity contribution in [3.05, 3.63) is 77.0 Å². The molecule has 1 aliphatic carbocycles. The van der Waals surface area contributed by atoms with Crippen molar-refractivity contribution in [1.29, 1.82) is 0 Å². The number of hydrogen-bond acceptors (Lipinski definition) is 3. The minimum atomic E-state index is -1.05. The molecule has 0 saturated heterocycles. The molecule has 194 valence electrons. The van der Waals surface area contributed by atoms with Crippen LogP contribution >= 0.6 is 0 Å². The molecule has 2 aliphatic rings. The van der Waals surface area contributed by atoms with Crippen LogP contribution in [-0.2, 0) is 24.3 Å². The fourth-order valence-electron chi connectivity index (χ4n) is 5.58. The second-order valence-electron chi connectivity index (χ2n) is 10.9. The van der Waals surface area contributed by atoms with E-state index in [2.05, 4.69) is 48.6 Å². The molecule has 1 atom stereocenters. The third kappa shape index (κ3) is 5.20. The van der Waals surface area contributed by atoms with Crippen molar-refractivity contribution in [1.82, 2.24) is 20.0 Å². The smallest absolute Gasteiger partial charge is 0.273 e. The number of nitrogens with zero attached hydrogens (tertiary/aromatic N) is 3. The van der Waals surface area contributed by atoms with Crippen LogP contribution in [0.3, 0.4) is 0 Å². The van der Waals surface area contributed by atoms with Crippen molar-refractivity contribution in [3.63, 3.8) is 0 Å². The van der Waals surface area contributed by atoms with Gasteiger partial charge in [0.15, 0.2) is 0 Å². The van der Waals surface area contributed by atoms with Crippen LogP contribution < -0.4 is 5.32 Å². The highest BCUT2D eigenvalue weighted by Crippen LogP contribution is 2.32. The van der Waals surface area contributed by atoms with Crippen molar-refractivity contribution < 1.29 is 9.59 Å². The Hall–Kier alpha value is -3.41. The SMILES string of the molecule is CCc1ccc(-c2cc3n(n2)C[C@@](C)(C(=O)NC2CCCCCC2)N(Cc2ccc(C)cc2)C3=O)cc1. The zero-order valence-corrected chi connectivity index (χ0v) is 22.3. The van der Waals surface area contributed by atoms with Crippen LogP contribution in [0.5, 0.6) is 0 Å². The van der Waals surface area contributed by atoms with E-state index in [4.69, 9.17) is 5.10 Å². The number of aromatic nitrogens is 2. The molecule has 0 unspecified atom stereocenters. The minimum absolute atomic E-state index is 0.0881. The standard InChI is InChI=1S/C31H38N4O2/c1-4-23-15-17-25(18-16-23)27-19-28-29(36)34(20-24-13-11-22(2)12-14-24)31(3,21-35(28)33-27)30(37)32-26-9-7-5-6-8-10-26/h11-19,26H,4-10,20-21H2,1-3H3,(H,32,37)/t31-/m0/s1. The van der Waals surface area contributed by atoms with Gasteiger partial charge in [-0.2, -0.15) is 5.10 Å². The summed E-state index contributed by atoms with van der Waals surface area (Å²) in [6, 6.07) is 18.5. The highest BCUT2D eigenvalue weighted by Gasteiger charge is 2.48. The van der Waals surface area contributed by atoms with Crippen LogP contribution in [-0.4, -0.2) is 38.1 Å². The third-order valence-corrected chi connectivity index (χ3v) is 8.10. The lowest BCUT2D eigenvalue weighted by Gasteiger charge is -2.44. The molecule has 3 aromatic rings. The van der Waals surface area contributed by atoms with Gasteiger partial charge in [0.2, 0.25) is 5.91 Å². The summed E-state index contributed by atoms with van der Waals surface area (Å²) in [6.07, 6.45) is 7.69. The van der Waals surface area contributed by atoms with E-state index in [1.54, 1.807) is 9.58 Å². The Labute approximate surface area is 220 Å². The highest BCUT2D eigenvalue weighted by molar-refractivity contribution is 6.00. The van der Waals surface area contributed by atoms with Gasteiger partial charge in [0.25, 0.3) is 5.91 Å². The molecule has 6 nitrogen and oxygen atoms in total. The first-order valence-corrected chi connectivity index (χ1v) is 13.7. The van der Waals surface area contributed by atoms with E-state index in [1.807, 2.05) is 32.0 Å². The number of rotatable bonds is 6. The van der Waals surface area contributed by atoms with E-state index in [1.165, 1.54) is 24.0 Å². The summed E-state index contributed by atoms with van der Waals surface area (Å²) in [7, 11) is 0. The largest absolute Gasteiger partial charge is 0.351 e. The predicted molar refractivity (Wildman–Crippen MR) is 146 cm³/mol. The van der Waals surface area contributed by atoms with E-state index >= 15 is 0 Å². The molecule has 1 N–H and O–H groups in total. The summed E-state index contributed by atoms with van der Waals surface area (Å²) in [4.78, 5) is 29.7. The van der Waals surface area contributed by atoms with Crippen LogP contribution in [0.15, 0.2) is 54.6 Å². The first kappa shape index (κ1) is 25.2. The van der Waals surface area contributed by atoms with Gasteiger partial charge in [-0.1, -0.05) is 86.7 Å². The molecular weight excluding hydrogens is 460 g/mol. The van der Waals surface area contributed by atoms with Crippen molar-refractivity contribution in [2.24, 2.45) is 0 Å². The Morgan fingerprint density at radius 2 is 1.65 bits per heavy atom. The fourth-order valence-corrected chi connectivity index (χ4v) is 5.58. The van der Waals surface area contributed by atoms with E-state index < -0.39 is 5.54 Å². The molecule has 2 aromatic carbocycles. The molecule has 0 spiro atoms. The van der Waals surface area contributed by atoms with Gasteiger partial charge in [-0.25, -0.2) is 0 Å². The fraction of sp³-hybridized carbons (Fsp3) is 0.452. The maximum absolute atomic E-state index is 14.0. The summed E-state index contributed by atoms with van der Waals surface area (Å²) >= 11 is 0. The van der Waals surface area contributed by atoms with E-state index in [-0.39, 0.29) is 17.9 Å². The van der Waals surface area contributed by atoms with Gasteiger partial charge in [-0.15, -0.1) is 0 Å². The summed E-state index contributed by atoms with van der Waals surface area (Å²) in [5.74, 6) is -0.246. The van der Waals surface area contributed by atoms with Gasteiger partial charge < -0.3 is 10.2 Å². The van der Waals surface area contributed by atoms with Gasteiger partial charge in [0.1, 0.15) is 11.2 Å². The van der Waals surface area contributed by atoms with Gasteiger partial charge >= 0.3 is 0 Å². The van der Waals surface area contributed by atoms with Gasteiger partial charge in [0.05, 0.1) is 12.2 Å². The number of carbonyl (C=O) groups excluding carboxylic acids is 2. The molecule has 37 heavy (non-hydrogen) atoms. The summed E-state index contributed by atoms with van der Waals surface area (Å²) in [6.45, 7) is 6.77. The minimum Gasteiger partial charge on any atom is -0.351 e. The Balaban J connectivity index is 1.49. The molecule has 5 rings (SSSR count). The zero-order valence-electron chi connectivity index (χ0n) is 22.3. The molecule has 0 radical (unpaired) electrons.